The molecule has 0 fully saturated rings. The number of hydrogen-bond donors (Lipinski definition) is 1. The van der Waals surface area contributed by atoms with Crippen molar-refractivity contribution in [1.82, 2.24) is 14.8 Å². The van der Waals surface area contributed by atoms with Crippen molar-refractivity contribution in [3.05, 3.63) is 105 Å². The maximum atomic E-state index is 13.8. The first-order chi connectivity index (χ1) is 15.7. The van der Waals surface area contributed by atoms with Gasteiger partial charge in [0.2, 0.25) is 0 Å². The molecule has 0 amide bonds. The van der Waals surface area contributed by atoms with Crippen molar-refractivity contribution in [3.63, 3.8) is 0 Å². The van der Waals surface area contributed by atoms with Crippen LogP contribution in [0.3, 0.4) is 0 Å². The molecular weight excluding hydrogens is 429 g/mol. The van der Waals surface area contributed by atoms with Gasteiger partial charge in [-0.25, -0.2) is 4.85 Å². The first kappa shape index (κ1) is 22.1. The summed E-state index contributed by atoms with van der Waals surface area (Å²) in [6, 6.07) is 15.1. The molecule has 0 atom stereocenters. The van der Waals surface area contributed by atoms with Crippen molar-refractivity contribution in [1.29, 1.82) is 0 Å². The smallest absolute Gasteiger partial charge is 0.313 e. The van der Waals surface area contributed by atoms with Crippen LogP contribution < -0.4 is 5.56 Å². The zero-order chi connectivity index (χ0) is 23.8. The molecule has 1 N–H and O–H groups in total. The predicted molar refractivity (Wildman–Crippen MR) is 120 cm³/mol. The fraction of sp³-hybridized carbons (Fsp3) is 0.160. The van der Waals surface area contributed by atoms with Crippen LogP contribution in [0.2, 0.25) is 0 Å². The standard InChI is InChI=1S/C25H19F3N4O/c1-15-7-8-19(16(2)11-15)14-32-22(13-20(25(26,27)28)23(29-3)24(32)33)18-6-4-5-17(12-18)21-9-10-30-31-21/h4-13H,14H2,1-2H3,(H,30,31). The summed E-state index contributed by atoms with van der Waals surface area (Å²) in [5, 5.41) is 6.74. The molecule has 2 aromatic heterocycles. The summed E-state index contributed by atoms with van der Waals surface area (Å²) in [4.78, 5) is 16.1. The number of halogens is 3. The van der Waals surface area contributed by atoms with Gasteiger partial charge in [0.15, 0.2) is 0 Å². The fourth-order valence-electron chi connectivity index (χ4n) is 3.81. The SMILES string of the molecule is [C-]#[N+]c1c(C(F)(F)F)cc(-c2cccc(-c3ccn[nH]3)c2)n(Cc2ccc(C)cc2C)c1=O. The molecule has 0 radical (unpaired) electrons. The van der Waals surface area contributed by atoms with Crippen LogP contribution in [-0.2, 0) is 12.7 Å². The Balaban J connectivity index is 1.98. The van der Waals surface area contributed by atoms with E-state index in [0.717, 1.165) is 22.8 Å². The van der Waals surface area contributed by atoms with Crippen molar-refractivity contribution in [2.75, 3.05) is 0 Å². The van der Waals surface area contributed by atoms with Crippen LogP contribution in [0.4, 0.5) is 18.9 Å². The van der Waals surface area contributed by atoms with Gasteiger partial charge in [0, 0.05) is 17.5 Å². The number of nitrogens with one attached hydrogen (secondary N) is 1. The number of benzene rings is 2. The second-order valence-corrected chi connectivity index (χ2v) is 7.77. The molecule has 5 nitrogen and oxygen atoms in total. The number of H-pyrrole nitrogens is 1. The Morgan fingerprint density at radius 1 is 1.06 bits per heavy atom. The highest BCUT2D eigenvalue weighted by atomic mass is 19.4. The van der Waals surface area contributed by atoms with E-state index >= 15 is 0 Å². The number of aromatic amines is 1. The molecule has 0 saturated heterocycles. The Hall–Kier alpha value is -4.12. The molecule has 2 aromatic carbocycles. The largest absolute Gasteiger partial charge is 0.407 e. The Kier molecular flexibility index (Phi) is 5.64. The van der Waals surface area contributed by atoms with Crippen molar-refractivity contribution >= 4 is 5.69 Å². The van der Waals surface area contributed by atoms with Gasteiger partial charge in [-0.1, -0.05) is 42.0 Å². The second-order valence-electron chi connectivity index (χ2n) is 7.77. The zero-order valence-corrected chi connectivity index (χ0v) is 17.9. The van der Waals surface area contributed by atoms with E-state index in [1.165, 1.54) is 4.57 Å². The molecule has 166 valence electrons. The minimum Gasteiger partial charge on any atom is -0.313 e. The number of alkyl halides is 3. The van der Waals surface area contributed by atoms with E-state index in [9.17, 15) is 18.0 Å². The first-order valence-corrected chi connectivity index (χ1v) is 10.1. The van der Waals surface area contributed by atoms with Crippen LogP contribution in [0.1, 0.15) is 22.3 Å². The number of aromatic nitrogens is 3. The molecule has 8 heteroatoms. The van der Waals surface area contributed by atoms with E-state index in [2.05, 4.69) is 15.0 Å². The van der Waals surface area contributed by atoms with E-state index < -0.39 is 23.0 Å². The lowest BCUT2D eigenvalue weighted by atomic mass is 10.0. The van der Waals surface area contributed by atoms with Crippen LogP contribution in [0.25, 0.3) is 27.4 Å². The average molecular weight is 448 g/mol. The van der Waals surface area contributed by atoms with Crippen molar-refractivity contribution in [3.8, 4) is 22.5 Å². The van der Waals surface area contributed by atoms with Gasteiger partial charge in [0.05, 0.1) is 24.4 Å². The average Bonchev–Trinajstić information content (AvgIpc) is 3.31. The summed E-state index contributed by atoms with van der Waals surface area (Å²) in [7, 11) is 0. The maximum Gasteiger partial charge on any atom is 0.407 e. The highest BCUT2D eigenvalue weighted by Gasteiger charge is 2.36. The fourth-order valence-corrected chi connectivity index (χ4v) is 3.81. The lowest BCUT2D eigenvalue weighted by Crippen LogP contribution is -2.25. The van der Waals surface area contributed by atoms with Gasteiger partial charge in [-0.2, -0.15) is 18.3 Å². The third kappa shape index (κ3) is 4.30. The Morgan fingerprint density at radius 2 is 1.82 bits per heavy atom. The van der Waals surface area contributed by atoms with E-state index in [4.69, 9.17) is 6.57 Å². The van der Waals surface area contributed by atoms with Gasteiger partial charge in [-0.15, -0.1) is 0 Å². The monoisotopic (exact) mass is 448 g/mol. The summed E-state index contributed by atoms with van der Waals surface area (Å²) in [6.07, 6.45) is -3.27. The van der Waals surface area contributed by atoms with E-state index in [1.54, 1.807) is 36.5 Å². The molecule has 0 saturated carbocycles. The van der Waals surface area contributed by atoms with Crippen LogP contribution in [0, 0.1) is 20.4 Å². The van der Waals surface area contributed by atoms with Crippen LogP contribution in [0.15, 0.2) is 65.6 Å². The summed E-state index contributed by atoms with van der Waals surface area (Å²) < 4.78 is 42.6. The van der Waals surface area contributed by atoms with E-state index in [1.807, 2.05) is 32.0 Å². The molecule has 0 bridgehead atoms. The molecule has 33 heavy (non-hydrogen) atoms. The zero-order valence-electron chi connectivity index (χ0n) is 17.9. The summed E-state index contributed by atoms with van der Waals surface area (Å²) in [5.41, 5.74) is 1.49. The molecule has 0 aliphatic carbocycles. The highest BCUT2D eigenvalue weighted by Crippen LogP contribution is 2.37. The molecule has 0 aliphatic heterocycles. The maximum absolute atomic E-state index is 13.8. The van der Waals surface area contributed by atoms with Crippen LogP contribution >= 0.6 is 0 Å². The summed E-state index contributed by atoms with van der Waals surface area (Å²) in [6.45, 7) is 11.1. The van der Waals surface area contributed by atoms with Crippen molar-refractivity contribution in [2.24, 2.45) is 0 Å². The lowest BCUT2D eigenvalue weighted by Gasteiger charge is -2.19. The van der Waals surface area contributed by atoms with Crippen molar-refractivity contribution in [2.45, 2.75) is 26.6 Å². The Bertz CT molecular complexity index is 1430. The molecule has 4 aromatic rings. The van der Waals surface area contributed by atoms with Gasteiger partial charge in [0.1, 0.15) is 0 Å². The number of aryl methyl sites for hydroxylation is 2. The molecule has 0 unspecified atom stereocenters. The van der Waals surface area contributed by atoms with Gasteiger partial charge in [0.25, 0.3) is 11.2 Å². The van der Waals surface area contributed by atoms with Crippen LogP contribution in [0.5, 0.6) is 0 Å². The van der Waals surface area contributed by atoms with Crippen molar-refractivity contribution < 1.29 is 13.2 Å². The quantitative estimate of drug-likeness (QED) is 0.381. The molecule has 4 rings (SSSR count). The van der Waals surface area contributed by atoms with Crippen LogP contribution in [-0.4, -0.2) is 14.8 Å². The van der Waals surface area contributed by atoms with E-state index in [-0.39, 0.29) is 12.2 Å². The third-order valence-corrected chi connectivity index (χ3v) is 5.49. The molecule has 0 aliphatic rings. The predicted octanol–water partition coefficient (Wildman–Crippen LogP) is 6.14. The number of rotatable bonds is 4. The Morgan fingerprint density at radius 3 is 2.45 bits per heavy atom. The van der Waals surface area contributed by atoms with Gasteiger partial charge < -0.3 is 4.57 Å². The summed E-state index contributed by atoms with van der Waals surface area (Å²) >= 11 is 0. The molecule has 2 heterocycles. The third-order valence-electron chi connectivity index (χ3n) is 5.49. The number of pyridine rings is 1. The highest BCUT2D eigenvalue weighted by molar-refractivity contribution is 5.72. The summed E-state index contributed by atoms with van der Waals surface area (Å²) in [5.74, 6) is 0. The number of nitrogens with zero attached hydrogens (tertiary/aromatic N) is 3. The second kappa shape index (κ2) is 8.43. The Labute approximate surface area is 188 Å². The first-order valence-electron chi connectivity index (χ1n) is 10.1. The van der Waals surface area contributed by atoms with E-state index in [0.29, 0.717) is 16.8 Å². The minimum absolute atomic E-state index is 0.0369. The minimum atomic E-state index is -4.84. The van der Waals surface area contributed by atoms with Gasteiger partial charge in [-0.05, 0) is 48.7 Å². The topological polar surface area (TPSA) is 55.0 Å². The lowest BCUT2D eigenvalue weighted by molar-refractivity contribution is -0.136. The molecular formula is C25H19F3N4O. The number of hydrogen-bond acceptors (Lipinski definition) is 2. The normalized spacial score (nSPS) is 11.4. The van der Waals surface area contributed by atoms with Gasteiger partial charge >= 0.3 is 6.18 Å². The molecule has 0 spiro atoms. The van der Waals surface area contributed by atoms with Gasteiger partial charge in [-0.3, -0.25) is 9.89 Å².